The lowest BCUT2D eigenvalue weighted by Crippen LogP contribution is -2.33. The van der Waals surface area contributed by atoms with Gasteiger partial charge in [0.25, 0.3) is 0 Å². The van der Waals surface area contributed by atoms with Gasteiger partial charge >= 0.3 is 0 Å². The van der Waals surface area contributed by atoms with Gasteiger partial charge in [0, 0.05) is 33.4 Å². The first kappa shape index (κ1) is 22.2. The maximum absolute atomic E-state index is 9.73. The Morgan fingerprint density at radius 3 is 1.89 bits per heavy atom. The van der Waals surface area contributed by atoms with Crippen molar-refractivity contribution in [2.45, 2.75) is 21.7 Å². The highest BCUT2D eigenvalue weighted by atomic mass is 32.2. The van der Waals surface area contributed by atoms with E-state index in [0.29, 0.717) is 12.2 Å². The number of thiol groups is 1. The van der Waals surface area contributed by atoms with Crippen molar-refractivity contribution < 1.29 is 5.11 Å². The van der Waals surface area contributed by atoms with E-state index >= 15 is 0 Å². The molecule has 0 aliphatic heterocycles. The van der Waals surface area contributed by atoms with Crippen molar-refractivity contribution in [3.63, 3.8) is 0 Å². The molecule has 0 spiro atoms. The molecule has 27 heavy (non-hydrogen) atoms. The zero-order valence-electron chi connectivity index (χ0n) is 15.5. The van der Waals surface area contributed by atoms with Crippen LogP contribution in [-0.4, -0.2) is 28.0 Å². The first-order chi connectivity index (χ1) is 13.2. The molecule has 3 atom stereocenters. The minimum Gasteiger partial charge on any atom is -0.396 e. The SMILES string of the molecule is C=CC(SCC(CS)(CCO)SC(C=C)c1ccccc1)c1ccccc1. The Morgan fingerprint density at radius 2 is 1.44 bits per heavy atom. The third-order valence-electron chi connectivity index (χ3n) is 4.44. The molecule has 0 aliphatic rings. The fraction of sp³-hybridized carbons (Fsp3) is 0.304. The highest BCUT2D eigenvalue weighted by Gasteiger charge is 2.33. The molecule has 0 saturated heterocycles. The van der Waals surface area contributed by atoms with Gasteiger partial charge in [0.15, 0.2) is 0 Å². The lowest BCUT2D eigenvalue weighted by Gasteiger charge is -2.35. The molecule has 0 bridgehead atoms. The number of aliphatic hydroxyl groups is 1. The van der Waals surface area contributed by atoms with Crippen LogP contribution in [0.2, 0.25) is 0 Å². The topological polar surface area (TPSA) is 20.2 Å². The molecule has 0 radical (unpaired) electrons. The highest BCUT2D eigenvalue weighted by Crippen LogP contribution is 2.46. The summed E-state index contributed by atoms with van der Waals surface area (Å²) in [6.45, 7) is 8.22. The van der Waals surface area contributed by atoms with Crippen LogP contribution in [0.3, 0.4) is 0 Å². The number of rotatable bonds is 12. The summed E-state index contributed by atoms with van der Waals surface area (Å²) in [6, 6.07) is 20.8. The molecule has 2 aromatic carbocycles. The number of aliphatic hydroxyl groups excluding tert-OH is 1. The Bertz CT molecular complexity index is 689. The Morgan fingerprint density at radius 1 is 0.926 bits per heavy atom. The lowest BCUT2D eigenvalue weighted by molar-refractivity contribution is 0.277. The van der Waals surface area contributed by atoms with E-state index in [4.69, 9.17) is 0 Å². The first-order valence-corrected chi connectivity index (χ1v) is 11.6. The summed E-state index contributed by atoms with van der Waals surface area (Å²) in [7, 11) is 0. The van der Waals surface area contributed by atoms with Gasteiger partial charge in [-0.05, 0) is 17.5 Å². The molecule has 0 aliphatic carbocycles. The summed E-state index contributed by atoms with van der Waals surface area (Å²) in [5.41, 5.74) is 2.48. The van der Waals surface area contributed by atoms with Gasteiger partial charge in [-0.25, -0.2) is 0 Å². The van der Waals surface area contributed by atoms with Crippen LogP contribution in [0.1, 0.15) is 28.0 Å². The molecule has 1 nitrogen and oxygen atoms in total. The van der Waals surface area contributed by atoms with Crippen molar-refractivity contribution in [1.29, 1.82) is 0 Å². The quantitative estimate of drug-likeness (QED) is 0.310. The fourth-order valence-electron chi connectivity index (χ4n) is 2.88. The molecule has 1 N–H and O–H groups in total. The minimum absolute atomic E-state index is 0.146. The second kappa shape index (κ2) is 11.7. The van der Waals surface area contributed by atoms with Crippen LogP contribution in [0, 0.1) is 0 Å². The van der Waals surface area contributed by atoms with Crippen LogP contribution in [0.4, 0.5) is 0 Å². The molecular weight excluding hydrogens is 388 g/mol. The Kier molecular flexibility index (Phi) is 9.63. The van der Waals surface area contributed by atoms with Gasteiger partial charge in [-0.15, -0.1) is 36.7 Å². The summed E-state index contributed by atoms with van der Waals surface area (Å²) in [6.07, 6.45) is 4.68. The predicted octanol–water partition coefficient (Wildman–Crippen LogP) is 6.36. The summed E-state index contributed by atoms with van der Waals surface area (Å²) in [5, 5.41) is 10.1. The van der Waals surface area contributed by atoms with Crippen LogP contribution < -0.4 is 0 Å². The average Bonchev–Trinajstić information content (AvgIpc) is 2.73. The number of thioether (sulfide) groups is 2. The largest absolute Gasteiger partial charge is 0.396 e. The van der Waals surface area contributed by atoms with Crippen molar-refractivity contribution >= 4 is 36.2 Å². The van der Waals surface area contributed by atoms with Gasteiger partial charge in [-0.3, -0.25) is 0 Å². The molecule has 2 aromatic rings. The second-order valence-electron chi connectivity index (χ2n) is 6.38. The van der Waals surface area contributed by atoms with Crippen molar-refractivity contribution in [2.75, 3.05) is 18.1 Å². The Hall–Kier alpha value is -1.07. The second-order valence-corrected chi connectivity index (χ2v) is 9.43. The van der Waals surface area contributed by atoms with Crippen LogP contribution in [0.25, 0.3) is 0 Å². The van der Waals surface area contributed by atoms with Crippen molar-refractivity contribution in [2.24, 2.45) is 0 Å². The lowest BCUT2D eigenvalue weighted by atomic mass is 10.1. The summed E-state index contributed by atoms with van der Waals surface area (Å²) in [4.78, 5) is 0. The van der Waals surface area contributed by atoms with Gasteiger partial charge in [-0.1, -0.05) is 72.8 Å². The van der Waals surface area contributed by atoms with Gasteiger partial charge in [0.2, 0.25) is 0 Å². The van der Waals surface area contributed by atoms with Gasteiger partial charge in [0.1, 0.15) is 0 Å². The van der Waals surface area contributed by atoms with E-state index in [9.17, 15) is 5.11 Å². The summed E-state index contributed by atoms with van der Waals surface area (Å²) < 4.78 is -0.146. The first-order valence-electron chi connectivity index (χ1n) is 9.04. The summed E-state index contributed by atoms with van der Waals surface area (Å²) >= 11 is 8.39. The normalized spacial score (nSPS) is 15.5. The van der Waals surface area contributed by atoms with E-state index in [0.717, 1.165) is 5.75 Å². The molecule has 0 amide bonds. The third kappa shape index (κ3) is 6.49. The molecular formula is C23H28OS3. The molecule has 2 rings (SSSR count). The molecule has 0 saturated carbocycles. The predicted molar refractivity (Wildman–Crippen MR) is 127 cm³/mol. The zero-order valence-corrected chi connectivity index (χ0v) is 18.1. The Balaban J connectivity index is 2.17. The Labute approximate surface area is 177 Å². The van der Waals surface area contributed by atoms with Gasteiger partial charge < -0.3 is 5.11 Å². The minimum atomic E-state index is -0.146. The van der Waals surface area contributed by atoms with E-state index < -0.39 is 0 Å². The average molecular weight is 417 g/mol. The number of hydrogen-bond acceptors (Lipinski definition) is 4. The molecule has 3 unspecified atom stereocenters. The molecule has 144 valence electrons. The van der Waals surface area contributed by atoms with E-state index in [1.807, 2.05) is 47.8 Å². The van der Waals surface area contributed by atoms with Crippen LogP contribution in [0.5, 0.6) is 0 Å². The maximum Gasteiger partial charge on any atom is 0.0480 e. The third-order valence-corrected chi connectivity index (χ3v) is 8.70. The molecule has 4 heteroatoms. The maximum atomic E-state index is 9.73. The number of hydrogen-bond donors (Lipinski definition) is 2. The zero-order chi connectivity index (χ0) is 19.5. The molecule has 0 heterocycles. The van der Waals surface area contributed by atoms with Crippen molar-refractivity contribution in [3.05, 3.63) is 97.1 Å². The van der Waals surface area contributed by atoms with E-state index in [1.165, 1.54) is 11.1 Å². The van der Waals surface area contributed by atoms with Crippen LogP contribution >= 0.6 is 36.2 Å². The van der Waals surface area contributed by atoms with E-state index in [2.05, 4.69) is 74.3 Å². The monoisotopic (exact) mass is 416 g/mol. The van der Waals surface area contributed by atoms with Crippen molar-refractivity contribution in [1.82, 2.24) is 0 Å². The van der Waals surface area contributed by atoms with Crippen LogP contribution in [-0.2, 0) is 0 Å². The number of benzene rings is 2. The standard InChI is InChI=1S/C23H28OS3/c1-3-21(19-11-7-5-8-12-19)26-18-23(17-25,15-16-24)27-22(4-2)20-13-9-6-10-14-20/h3-14,21-22,24-25H,1-2,15-18H2. The summed E-state index contributed by atoms with van der Waals surface area (Å²) in [5.74, 6) is 1.57. The van der Waals surface area contributed by atoms with Gasteiger partial charge in [0.05, 0.1) is 0 Å². The molecule has 0 fully saturated rings. The van der Waals surface area contributed by atoms with E-state index in [-0.39, 0.29) is 21.9 Å². The van der Waals surface area contributed by atoms with Gasteiger partial charge in [-0.2, -0.15) is 12.6 Å². The highest BCUT2D eigenvalue weighted by molar-refractivity contribution is 8.04. The van der Waals surface area contributed by atoms with Crippen LogP contribution in [0.15, 0.2) is 86.0 Å². The molecule has 0 aromatic heterocycles. The van der Waals surface area contributed by atoms with Crippen molar-refractivity contribution in [3.8, 4) is 0 Å². The fourth-order valence-corrected chi connectivity index (χ4v) is 6.43. The smallest absolute Gasteiger partial charge is 0.0480 e. The van der Waals surface area contributed by atoms with E-state index in [1.54, 1.807) is 0 Å².